The molecule has 0 aromatic heterocycles. The van der Waals surface area contributed by atoms with Crippen LogP contribution in [-0.2, 0) is 4.79 Å². The SMILES string of the molecule is CN(CCC=O)CC(C)(C)C. The molecule has 66 valence electrons. The van der Waals surface area contributed by atoms with Gasteiger partial charge in [-0.25, -0.2) is 0 Å². The molecule has 0 aliphatic heterocycles. The Kier molecular flexibility index (Phi) is 4.34. The fourth-order valence-corrected chi connectivity index (χ4v) is 1.16. The number of carbonyl (C=O) groups is 1. The van der Waals surface area contributed by atoms with Crippen LogP contribution in [0.2, 0.25) is 0 Å². The number of rotatable bonds is 4. The summed E-state index contributed by atoms with van der Waals surface area (Å²) >= 11 is 0. The normalized spacial score (nSPS) is 12.1. The van der Waals surface area contributed by atoms with Gasteiger partial charge in [-0.05, 0) is 12.5 Å². The maximum absolute atomic E-state index is 10.0. The first kappa shape index (κ1) is 10.6. The minimum Gasteiger partial charge on any atom is -0.305 e. The molecule has 2 heteroatoms. The first-order valence-corrected chi connectivity index (χ1v) is 4.08. The Morgan fingerprint density at radius 2 is 1.91 bits per heavy atom. The maximum atomic E-state index is 10.0. The molecule has 0 bridgehead atoms. The van der Waals surface area contributed by atoms with Gasteiger partial charge in [0.15, 0.2) is 0 Å². The lowest BCUT2D eigenvalue weighted by atomic mass is 9.96. The number of hydrogen-bond acceptors (Lipinski definition) is 2. The Hall–Kier alpha value is -0.370. The molecule has 0 fully saturated rings. The van der Waals surface area contributed by atoms with Crippen LogP contribution in [0.1, 0.15) is 27.2 Å². The van der Waals surface area contributed by atoms with Gasteiger partial charge in [0.2, 0.25) is 0 Å². The van der Waals surface area contributed by atoms with E-state index < -0.39 is 0 Å². The van der Waals surface area contributed by atoms with Crippen LogP contribution in [-0.4, -0.2) is 31.3 Å². The highest BCUT2D eigenvalue weighted by molar-refractivity contribution is 5.49. The average molecular weight is 157 g/mol. The minimum absolute atomic E-state index is 0.331. The molecule has 0 aliphatic carbocycles. The lowest BCUT2D eigenvalue weighted by Crippen LogP contribution is -2.30. The van der Waals surface area contributed by atoms with Crippen molar-refractivity contribution in [2.45, 2.75) is 27.2 Å². The molecule has 0 saturated carbocycles. The molecule has 0 aromatic carbocycles. The van der Waals surface area contributed by atoms with Gasteiger partial charge in [0.25, 0.3) is 0 Å². The molecule has 11 heavy (non-hydrogen) atoms. The van der Waals surface area contributed by atoms with E-state index in [4.69, 9.17) is 0 Å². The molecule has 0 atom stereocenters. The number of carbonyl (C=O) groups excluding carboxylic acids is 1. The van der Waals surface area contributed by atoms with Crippen molar-refractivity contribution in [3.05, 3.63) is 0 Å². The van der Waals surface area contributed by atoms with Crippen molar-refractivity contribution in [1.82, 2.24) is 4.90 Å². The van der Waals surface area contributed by atoms with Crippen LogP contribution < -0.4 is 0 Å². The zero-order valence-corrected chi connectivity index (χ0v) is 8.05. The highest BCUT2D eigenvalue weighted by atomic mass is 16.1. The summed E-state index contributed by atoms with van der Waals surface area (Å²) in [6, 6.07) is 0. The van der Waals surface area contributed by atoms with Gasteiger partial charge in [-0.3, -0.25) is 0 Å². The number of aldehydes is 1. The summed E-state index contributed by atoms with van der Waals surface area (Å²) in [5.41, 5.74) is 0.331. The van der Waals surface area contributed by atoms with E-state index >= 15 is 0 Å². The Bertz CT molecular complexity index is 115. The average Bonchev–Trinajstić information content (AvgIpc) is 1.79. The zero-order chi connectivity index (χ0) is 8.91. The third kappa shape index (κ3) is 7.53. The first-order chi connectivity index (χ1) is 4.95. The van der Waals surface area contributed by atoms with Gasteiger partial charge in [0.05, 0.1) is 0 Å². The predicted molar refractivity (Wildman–Crippen MR) is 47.6 cm³/mol. The third-order valence-corrected chi connectivity index (χ3v) is 1.37. The van der Waals surface area contributed by atoms with Gasteiger partial charge in [-0.1, -0.05) is 20.8 Å². The van der Waals surface area contributed by atoms with Gasteiger partial charge >= 0.3 is 0 Å². The molecule has 0 unspecified atom stereocenters. The van der Waals surface area contributed by atoms with Gasteiger partial charge < -0.3 is 9.69 Å². The highest BCUT2D eigenvalue weighted by Gasteiger charge is 2.12. The van der Waals surface area contributed by atoms with Crippen molar-refractivity contribution in [3.8, 4) is 0 Å². The van der Waals surface area contributed by atoms with Gasteiger partial charge in [-0.15, -0.1) is 0 Å². The van der Waals surface area contributed by atoms with E-state index in [-0.39, 0.29) is 0 Å². The molecule has 0 spiro atoms. The summed E-state index contributed by atoms with van der Waals surface area (Å²) in [7, 11) is 2.05. The number of nitrogens with zero attached hydrogens (tertiary/aromatic N) is 1. The summed E-state index contributed by atoms with van der Waals surface area (Å²) in [5, 5.41) is 0. The van der Waals surface area contributed by atoms with Crippen LogP contribution in [0.4, 0.5) is 0 Å². The lowest BCUT2D eigenvalue weighted by molar-refractivity contribution is -0.108. The Morgan fingerprint density at radius 3 is 2.27 bits per heavy atom. The molecule has 0 radical (unpaired) electrons. The van der Waals surface area contributed by atoms with Crippen molar-refractivity contribution in [2.24, 2.45) is 5.41 Å². The second-order valence-corrected chi connectivity index (χ2v) is 4.25. The summed E-state index contributed by atoms with van der Waals surface area (Å²) in [4.78, 5) is 12.2. The molecule has 0 amide bonds. The van der Waals surface area contributed by atoms with E-state index in [9.17, 15) is 4.79 Å². The summed E-state index contributed by atoms with van der Waals surface area (Å²) < 4.78 is 0. The maximum Gasteiger partial charge on any atom is 0.121 e. The molecular formula is C9H19NO. The molecule has 0 heterocycles. The molecule has 0 saturated heterocycles. The zero-order valence-electron chi connectivity index (χ0n) is 8.05. The summed E-state index contributed by atoms with van der Waals surface area (Å²) in [6.07, 6.45) is 1.62. The standard InChI is InChI=1S/C9H19NO/c1-9(2,3)8-10(4)6-5-7-11/h7H,5-6,8H2,1-4H3. The Balaban J connectivity index is 3.51. The topological polar surface area (TPSA) is 20.3 Å². The quantitative estimate of drug-likeness (QED) is 0.577. The van der Waals surface area contributed by atoms with Crippen LogP contribution in [0.5, 0.6) is 0 Å². The highest BCUT2D eigenvalue weighted by Crippen LogP contribution is 2.13. The van der Waals surface area contributed by atoms with Crippen LogP contribution in [0.25, 0.3) is 0 Å². The lowest BCUT2D eigenvalue weighted by Gasteiger charge is -2.25. The predicted octanol–water partition coefficient (Wildman–Crippen LogP) is 1.55. The minimum atomic E-state index is 0.331. The van der Waals surface area contributed by atoms with E-state index in [0.717, 1.165) is 19.4 Å². The largest absolute Gasteiger partial charge is 0.305 e. The molecule has 0 N–H and O–H groups in total. The Labute approximate surface area is 69.6 Å². The molecule has 2 nitrogen and oxygen atoms in total. The van der Waals surface area contributed by atoms with Crippen molar-refractivity contribution in [3.63, 3.8) is 0 Å². The van der Waals surface area contributed by atoms with Crippen molar-refractivity contribution < 1.29 is 4.79 Å². The van der Waals surface area contributed by atoms with Crippen LogP contribution >= 0.6 is 0 Å². The van der Waals surface area contributed by atoms with Gasteiger partial charge in [-0.2, -0.15) is 0 Å². The van der Waals surface area contributed by atoms with Gasteiger partial charge in [0.1, 0.15) is 6.29 Å². The van der Waals surface area contributed by atoms with E-state index in [1.165, 1.54) is 0 Å². The smallest absolute Gasteiger partial charge is 0.121 e. The first-order valence-electron chi connectivity index (χ1n) is 4.08. The van der Waals surface area contributed by atoms with Crippen molar-refractivity contribution >= 4 is 6.29 Å². The van der Waals surface area contributed by atoms with Crippen LogP contribution in [0.3, 0.4) is 0 Å². The second-order valence-electron chi connectivity index (χ2n) is 4.25. The Morgan fingerprint density at radius 1 is 1.36 bits per heavy atom. The van der Waals surface area contributed by atoms with Crippen LogP contribution in [0.15, 0.2) is 0 Å². The van der Waals surface area contributed by atoms with E-state index in [2.05, 4.69) is 32.7 Å². The monoisotopic (exact) mass is 157 g/mol. The second kappa shape index (κ2) is 4.50. The third-order valence-electron chi connectivity index (χ3n) is 1.37. The van der Waals surface area contributed by atoms with Crippen molar-refractivity contribution in [2.75, 3.05) is 20.1 Å². The fraction of sp³-hybridized carbons (Fsp3) is 0.889. The van der Waals surface area contributed by atoms with Crippen LogP contribution in [0, 0.1) is 5.41 Å². The molecule has 0 aliphatic rings. The van der Waals surface area contributed by atoms with Gasteiger partial charge in [0, 0.05) is 19.5 Å². The number of hydrogen-bond donors (Lipinski definition) is 0. The fourth-order valence-electron chi connectivity index (χ4n) is 1.16. The van der Waals surface area contributed by atoms with E-state index in [1.807, 2.05) is 0 Å². The molecule has 0 rings (SSSR count). The summed E-state index contributed by atoms with van der Waals surface area (Å²) in [6.45, 7) is 8.51. The molecule has 0 aromatic rings. The van der Waals surface area contributed by atoms with E-state index in [1.54, 1.807) is 0 Å². The summed E-state index contributed by atoms with van der Waals surface area (Å²) in [5.74, 6) is 0. The van der Waals surface area contributed by atoms with Crippen molar-refractivity contribution in [1.29, 1.82) is 0 Å². The van der Waals surface area contributed by atoms with E-state index in [0.29, 0.717) is 11.8 Å². The molecular weight excluding hydrogens is 138 g/mol.